The fourth-order valence-electron chi connectivity index (χ4n) is 3.76. The van der Waals surface area contributed by atoms with Crippen LogP contribution in [-0.2, 0) is 13.2 Å². The highest BCUT2D eigenvalue weighted by molar-refractivity contribution is 9.10. The molecule has 2 heterocycles. The molecule has 5 rings (SSSR count). The van der Waals surface area contributed by atoms with Crippen LogP contribution >= 0.6 is 15.9 Å². The van der Waals surface area contributed by atoms with Gasteiger partial charge >= 0.3 is 0 Å². The Hall–Kier alpha value is -3.65. The quantitative estimate of drug-likeness (QED) is 0.237. The Morgan fingerprint density at radius 2 is 1.65 bits per heavy atom. The predicted octanol–water partition coefficient (Wildman–Crippen LogP) is 6.77. The largest absolute Gasteiger partial charge is 0.488 e. The van der Waals surface area contributed by atoms with E-state index in [-0.39, 0.29) is 0 Å². The molecular formula is C26H19BrF2N4O. The van der Waals surface area contributed by atoms with E-state index in [2.05, 4.69) is 31.0 Å². The number of hydrogen-bond acceptors (Lipinski definition) is 4. The minimum atomic E-state index is -2.52. The van der Waals surface area contributed by atoms with Crippen LogP contribution < -0.4 is 4.74 Å². The third-order valence-corrected chi connectivity index (χ3v) is 5.93. The first-order valence-electron chi connectivity index (χ1n) is 10.6. The molecule has 3 aromatic carbocycles. The third-order valence-electron chi connectivity index (χ3n) is 5.32. The van der Waals surface area contributed by atoms with Crippen LogP contribution in [0.2, 0.25) is 0 Å². The van der Waals surface area contributed by atoms with Crippen molar-refractivity contribution in [2.75, 3.05) is 0 Å². The van der Waals surface area contributed by atoms with Crippen LogP contribution in [-0.4, -0.2) is 26.2 Å². The molecule has 0 aliphatic carbocycles. The minimum Gasteiger partial charge on any atom is -0.488 e. The second-order valence-corrected chi connectivity index (χ2v) is 8.52. The second-order valence-electron chi connectivity index (χ2n) is 7.67. The van der Waals surface area contributed by atoms with Crippen molar-refractivity contribution < 1.29 is 13.5 Å². The number of rotatable bonds is 7. The van der Waals surface area contributed by atoms with Crippen molar-refractivity contribution in [3.63, 3.8) is 0 Å². The molecule has 8 heteroatoms. The number of halogens is 3. The number of fused-ring (bicyclic) bond motifs is 1. The van der Waals surface area contributed by atoms with Crippen LogP contribution in [0.1, 0.15) is 5.56 Å². The summed E-state index contributed by atoms with van der Waals surface area (Å²) in [6.07, 6.45) is 0.559. The molecule has 0 radical (unpaired) electrons. The van der Waals surface area contributed by atoms with Gasteiger partial charge in [0.2, 0.25) is 0 Å². The summed E-state index contributed by atoms with van der Waals surface area (Å²) in [5.41, 5.74) is 4.38. The van der Waals surface area contributed by atoms with Gasteiger partial charge in [-0.2, -0.15) is 5.10 Å². The fourth-order valence-corrected chi connectivity index (χ4v) is 4.20. The highest BCUT2D eigenvalue weighted by atomic mass is 79.9. The molecular weight excluding hydrogens is 502 g/mol. The zero-order valence-corrected chi connectivity index (χ0v) is 19.5. The van der Waals surface area contributed by atoms with E-state index in [9.17, 15) is 8.78 Å². The van der Waals surface area contributed by atoms with Gasteiger partial charge in [-0.25, -0.2) is 18.7 Å². The van der Waals surface area contributed by atoms with Crippen LogP contribution in [0.3, 0.4) is 0 Å². The Balaban J connectivity index is 1.61. The highest BCUT2D eigenvalue weighted by Crippen LogP contribution is 2.37. The van der Waals surface area contributed by atoms with Gasteiger partial charge in [0.25, 0.3) is 6.43 Å². The van der Waals surface area contributed by atoms with Crippen molar-refractivity contribution in [3.05, 3.63) is 95.4 Å². The summed E-state index contributed by atoms with van der Waals surface area (Å²) in [5.74, 6) is 0.633. The summed E-state index contributed by atoms with van der Waals surface area (Å²) in [5, 5.41) is 5.19. The Kier molecular flexibility index (Phi) is 6.31. The zero-order valence-electron chi connectivity index (χ0n) is 17.9. The standard InChI is InChI=1S/C26H19BrF2N4O/c27-21-12-22-19(11-23(21)34-15-17-7-3-1-4-8-17)26(31-16-30-22)20-13-33(14-24(28)29)32-25(20)18-9-5-2-6-10-18/h1-13,16,24H,14-15H2. The van der Waals surface area contributed by atoms with Gasteiger partial charge in [-0.05, 0) is 33.6 Å². The van der Waals surface area contributed by atoms with E-state index in [1.165, 1.54) is 11.0 Å². The van der Waals surface area contributed by atoms with Gasteiger partial charge in [0, 0.05) is 22.7 Å². The summed E-state index contributed by atoms with van der Waals surface area (Å²) in [6.45, 7) is -0.102. The molecule has 34 heavy (non-hydrogen) atoms. The lowest BCUT2D eigenvalue weighted by Crippen LogP contribution is -2.06. The van der Waals surface area contributed by atoms with E-state index < -0.39 is 13.0 Å². The molecule has 0 aliphatic rings. The summed E-state index contributed by atoms with van der Waals surface area (Å²) >= 11 is 3.57. The lowest BCUT2D eigenvalue weighted by molar-refractivity contribution is 0.122. The van der Waals surface area contributed by atoms with Gasteiger partial charge in [-0.3, -0.25) is 4.68 Å². The van der Waals surface area contributed by atoms with E-state index >= 15 is 0 Å². The summed E-state index contributed by atoms with van der Waals surface area (Å²) in [6, 6.07) is 23.1. The van der Waals surface area contributed by atoms with E-state index in [1.807, 2.05) is 72.8 Å². The van der Waals surface area contributed by atoms with Crippen molar-refractivity contribution >= 4 is 26.8 Å². The van der Waals surface area contributed by atoms with Gasteiger partial charge < -0.3 is 4.74 Å². The summed E-state index contributed by atoms with van der Waals surface area (Å²) in [4.78, 5) is 8.92. The molecule has 0 saturated carbocycles. The number of benzene rings is 3. The van der Waals surface area contributed by atoms with Crippen molar-refractivity contribution in [2.24, 2.45) is 0 Å². The first-order chi connectivity index (χ1) is 16.6. The first kappa shape index (κ1) is 22.2. The maximum atomic E-state index is 13.1. The van der Waals surface area contributed by atoms with Gasteiger partial charge in [-0.1, -0.05) is 60.7 Å². The average molecular weight is 521 g/mol. The average Bonchev–Trinajstić information content (AvgIpc) is 3.26. The molecule has 0 amide bonds. The molecule has 5 aromatic rings. The molecule has 2 aromatic heterocycles. The first-order valence-corrected chi connectivity index (χ1v) is 11.4. The monoisotopic (exact) mass is 520 g/mol. The molecule has 0 N–H and O–H groups in total. The molecule has 170 valence electrons. The highest BCUT2D eigenvalue weighted by Gasteiger charge is 2.19. The molecule has 0 unspecified atom stereocenters. The smallest absolute Gasteiger partial charge is 0.257 e. The predicted molar refractivity (Wildman–Crippen MR) is 131 cm³/mol. The van der Waals surface area contributed by atoms with Gasteiger partial charge in [0.1, 0.15) is 30.9 Å². The van der Waals surface area contributed by atoms with Crippen molar-refractivity contribution in [2.45, 2.75) is 19.6 Å². The van der Waals surface area contributed by atoms with Gasteiger partial charge in [0.15, 0.2) is 0 Å². The molecule has 0 atom stereocenters. The topological polar surface area (TPSA) is 52.8 Å². The SMILES string of the molecule is FC(F)Cn1cc(-c2ncnc3cc(Br)c(OCc4ccccc4)cc23)c(-c2ccccc2)n1. The number of ether oxygens (including phenoxy) is 1. The molecule has 0 bridgehead atoms. The van der Waals surface area contributed by atoms with Gasteiger partial charge in [0.05, 0.1) is 15.7 Å². The van der Waals surface area contributed by atoms with Crippen LogP contribution in [0.15, 0.2) is 89.8 Å². The van der Waals surface area contributed by atoms with E-state index in [0.717, 1.165) is 21.0 Å². The molecule has 0 aliphatic heterocycles. The Labute approximate surface area is 203 Å². The molecule has 0 saturated heterocycles. The van der Waals surface area contributed by atoms with Crippen LogP contribution in [0.5, 0.6) is 5.75 Å². The third kappa shape index (κ3) is 4.68. The maximum absolute atomic E-state index is 13.1. The number of nitrogens with zero attached hydrogens (tertiary/aromatic N) is 4. The Bertz CT molecular complexity index is 1430. The number of hydrogen-bond donors (Lipinski definition) is 0. The summed E-state index contributed by atoms with van der Waals surface area (Å²) in [7, 11) is 0. The minimum absolute atomic E-state index is 0.398. The van der Waals surface area contributed by atoms with Crippen LogP contribution in [0, 0.1) is 0 Å². The summed E-state index contributed by atoms with van der Waals surface area (Å²) < 4.78 is 34.4. The van der Waals surface area contributed by atoms with Crippen LogP contribution in [0.25, 0.3) is 33.4 Å². The Morgan fingerprint density at radius 3 is 2.38 bits per heavy atom. The van der Waals surface area contributed by atoms with Crippen LogP contribution in [0.4, 0.5) is 8.78 Å². The zero-order chi connectivity index (χ0) is 23.5. The van der Waals surface area contributed by atoms with E-state index in [4.69, 9.17) is 4.74 Å². The van der Waals surface area contributed by atoms with E-state index in [1.54, 1.807) is 6.20 Å². The number of alkyl halides is 2. The Morgan fingerprint density at radius 1 is 0.912 bits per heavy atom. The molecule has 5 nitrogen and oxygen atoms in total. The normalized spacial score (nSPS) is 11.3. The maximum Gasteiger partial charge on any atom is 0.257 e. The van der Waals surface area contributed by atoms with Gasteiger partial charge in [-0.15, -0.1) is 0 Å². The number of aromatic nitrogens is 4. The molecule has 0 fully saturated rings. The second kappa shape index (κ2) is 9.69. The van der Waals surface area contributed by atoms with E-state index in [0.29, 0.717) is 34.8 Å². The fraction of sp³-hybridized carbons (Fsp3) is 0.115. The van der Waals surface area contributed by atoms with Crippen molar-refractivity contribution in [1.29, 1.82) is 0 Å². The lowest BCUT2D eigenvalue weighted by atomic mass is 10.0. The molecule has 0 spiro atoms. The van der Waals surface area contributed by atoms with Crippen molar-refractivity contribution in [1.82, 2.24) is 19.7 Å². The van der Waals surface area contributed by atoms with Crippen molar-refractivity contribution in [3.8, 4) is 28.3 Å². The lowest BCUT2D eigenvalue weighted by Gasteiger charge is -2.11.